The smallest absolute Gasteiger partial charge is 0.238 e. The monoisotopic (exact) mass is 355 g/mol. The molecular weight excluding hydrogens is 334 g/mol. The van der Waals surface area contributed by atoms with E-state index in [2.05, 4.69) is 23.1 Å². The van der Waals surface area contributed by atoms with E-state index in [1.54, 1.807) is 12.1 Å². The molecule has 0 aromatic heterocycles. The summed E-state index contributed by atoms with van der Waals surface area (Å²) in [5.74, 6) is -0.349. The number of hydrogen-bond donors (Lipinski definition) is 3. The number of amides is 1. The van der Waals surface area contributed by atoms with Crippen molar-refractivity contribution in [3.63, 3.8) is 0 Å². The van der Waals surface area contributed by atoms with Gasteiger partial charge in [-0.2, -0.15) is 0 Å². The minimum Gasteiger partial charge on any atom is -0.331 e. The lowest BCUT2D eigenvalue weighted by Crippen LogP contribution is -2.43. The number of benzene rings is 2. The third-order valence-corrected chi connectivity index (χ3v) is 3.81. The molecule has 0 saturated heterocycles. The molecule has 25 heavy (non-hydrogen) atoms. The van der Waals surface area contributed by atoms with Crippen molar-refractivity contribution in [2.45, 2.75) is 26.2 Å². The number of aryl methyl sites for hydroxylation is 1. The highest BCUT2D eigenvalue weighted by molar-refractivity contribution is 7.80. The Bertz CT molecular complexity index is 730. The van der Waals surface area contributed by atoms with Gasteiger partial charge in [0.15, 0.2) is 10.9 Å². The van der Waals surface area contributed by atoms with Crippen LogP contribution in [0.15, 0.2) is 54.6 Å². The highest BCUT2D eigenvalue weighted by Gasteiger charge is 2.09. The molecule has 0 aliphatic heterocycles. The van der Waals surface area contributed by atoms with Crippen molar-refractivity contribution in [1.29, 1.82) is 0 Å². The molecule has 2 aromatic rings. The summed E-state index contributed by atoms with van der Waals surface area (Å²) in [5, 5.41) is 3.22. The van der Waals surface area contributed by atoms with E-state index in [1.807, 2.05) is 42.5 Å². The van der Waals surface area contributed by atoms with Gasteiger partial charge >= 0.3 is 0 Å². The number of rotatable bonds is 6. The highest BCUT2D eigenvalue weighted by atomic mass is 32.1. The summed E-state index contributed by atoms with van der Waals surface area (Å²) < 4.78 is 0. The number of carbonyl (C=O) groups excluding carboxylic acids is 2. The molecule has 0 spiro atoms. The van der Waals surface area contributed by atoms with Crippen LogP contribution in [0, 0.1) is 0 Å². The maximum Gasteiger partial charge on any atom is 0.238 e. The van der Waals surface area contributed by atoms with Gasteiger partial charge in [0.2, 0.25) is 5.91 Å². The molecule has 130 valence electrons. The summed E-state index contributed by atoms with van der Waals surface area (Å²) in [6, 6.07) is 16.8. The largest absolute Gasteiger partial charge is 0.331 e. The zero-order valence-corrected chi connectivity index (χ0v) is 14.9. The number of thiocarbonyl (C=S) groups is 1. The maximum atomic E-state index is 12.1. The van der Waals surface area contributed by atoms with Gasteiger partial charge in [0, 0.05) is 24.1 Å². The predicted molar refractivity (Wildman–Crippen MR) is 103 cm³/mol. The summed E-state index contributed by atoms with van der Waals surface area (Å²) in [7, 11) is 0. The molecule has 0 aliphatic carbocycles. The van der Waals surface area contributed by atoms with E-state index in [1.165, 1.54) is 5.56 Å². The van der Waals surface area contributed by atoms with E-state index in [0.29, 0.717) is 5.56 Å². The van der Waals surface area contributed by atoms with Crippen molar-refractivity contribution < 1.29 is 9.59 Å². The molecule has 0 unspecified atom stereocenters. The maximum absolute atomic E-state index is 12.1. The second-order valence-corrected chi connectivity index (χ2v) is 5.88. The van der Waals surface area contributed by atoms with Crippen molar-refractivity contribution >= 4 is 34.7 Å². The first-order valence-electron chi connectivity index (χ1n) is 8.11. The van der Waals surface area contributed by atoms with Gasteiger partial charge in [0.1, 0.15) is 0 Å². The molecule has 5 nitrogen and oxygen atoms in total. The number of nitrogens with one attached hydrogen (secondary N) is 3. The van der Waals surface area contributed by atoms with E-state index in [-0.39, 0.29) is 29.6 Å². The quantitative estimate of drug-likeness (QED) is 0.422. The SMILES string of the molecule is CCc1ccc(C(=O)CCC(=O)NNC(=S)Nc2ccccc2)cc1. The molecule has 2 aromatic carbocycles. The van der Waals surface area contributed by atoms with E-state index in [9.17, 15) is 9.59 Å². The second kappa shape index (κ2) is 9.54. The van der Waals surface area contributed by atoms with Gasteiger partial charge in [-0.15, -0.1) is 0 Å². The van der Waals surface area contributed by atoms with Crippen molar-refractivity contribution in [2.75, 3.05) is 5.32 Å². The Hall–Kier alpha value is -2.73. The molecule has 6 heteroatoms. The number of ketones is 1. The molecule has 0 fully saturated rings. The summed E-state index contributed by atoms with van der Waals surface area (Å²) >= 11 is 5.09. The Kier molecular flexibility index (Phi) is 7.10. The summed E-state index contributed by atoms with van der Waals surface area (Å²) in [4.78, 5) is 23.9. The normalized spacial score (nSPS) is 9.96. The first-order valence-corrected chi connectivity index (χ1v) is 8.52. The number of hydrazine groups is 1. The fraction of sp³-hybridized carbons (Fsp3) is 0.211. The van der Waals surface area contributed by atoms with Crippen LogP contribution in [0.25, 0.3) is 0 Å². The zero-order valence-electron chi connectivity index (χ0n) is 14.0. The lowest BCUT2D eigenvalue weighted by atomic mass is 10.0. The zero-order chi connectivity index (χ0) is 18.1. The third-order valence-electron chi connectivity index (χ3n) is 3.61. The fourth-order valence-electron chi connectivity index (χ4n) is 2.17. The lowest BCUT2D eigenvalue weighted by Gasteiger charge is -2.11. The average Bonchev–Trinajstić information content (AvgIpc) is 2.65. The average molecular weight is 355 g/mol. The second-order valence-electron chi connectivity index (χ2n) is 5.47. The molecule has 3 N–H and O–H groups in total. The molecule has 0 aliphatic rings. The minimum atomic E-state index is -0.296. The van der Waals surface area contributed by atoms with Gasteiger partial charge in [-0.05, 0) is 36.3 Å². The van der Waals surface area contributed by atoms with Crippen LogP contribution >= 0.6 is 12.2 Å². The number of hydrogen-bond acceptors (Lipinski definition) is 3. The molecule has 0 bridgehead atoms. The molecule has 0 saturated carbocycles. The van der Waals surface area contributed by atoms with Crippen LogP contribution in [0.2, 0.25) is 0 Å². The van der Waals surface area contributed by atoms with Crippen LogP contribution < -0.4 is 16.2 Å². The van der Waals surface area contributed by atoms with Gasteiger partial charge in [0.25, 0.3) is 0 Å². The van der Waals surface area contributed by atoms with E-state index in [0.717, 1.165) is 12.1 Å². The van der Waals surface area contributed by atoms with Gasteiger partial charge in [-0.25, -0.2) is 0 Å². The lowest BCUT2D eigenvalue weighted by molar-refractivity contribution is -0.121. The van der Waals surface area contributed by atoms with Crippen LogP contribution in [0.4, 0.5) is 5.69 Å². The number of Topliss-reactive ketones (excluding diaryl/α,β-unsaturated/α-hetero) is 1. The Morgan fingerprint density at radius 2 is 1.60 bits per heavy atom. The van der Waals surface area contributed by atoms with Crippen LogP contribution in [0.1, 0.15) is 35.7 Å². The van der Waals surface area contributed by atoms with Crippen molar-refractivity contribution in [3.8, 4) is 0 Å². The van der Waals surface area contributed by atoms with Crippen molar-refractivity contribution in [3.05, 3.63) is 65.7 Å². The standard InChI is InChI=1S/C19H21N3O2S/c1-2-14-8-10-15(11-9-14)17(23)12-13-18(24)21-22-19(25)20-16-6-4-3-5-7-16/h3-11H,2,12-13H2,1H3,(H,21,24)(H2,20,22,25). The van der Waals surface area contributed by atoms with Crippen LogP contribution in [-0.4, -0.2) is 16.8 Å². The molecule has 1 amide bonds. The van der Waals surface area contributed by atoms with Crippen LogP contribution in [-0.2, 0) is 11.2 Å². The van der Waals surface area contributed by atoms with Gasteiger partial charge in [-0.3, -0.25) is 20.4 Å². The molecule has 0 atom stereocenters. The summed E-state index contributed by atoms with van der Waals surface area (Å²) in [5.41, 5.74) is 7.72. The number of anilines is 1. The van der Waals surface area contributed by atoms with Gasteiger partial charge in [-0.1, -0.05) is 49.4 Å². The van der Waals surface area contributed by atoms with Crippen LogP contribution in [0.5, 0.6) is 0 Å². The Morgan fingerprint density at radius 1 is 0.920 bits per heavy atom. The third kappa shape index (κ3) is 6.35. The molecular formula is C19H21N3O2S. The molecule has 2 rings (SSSR count). The Morgan fingerprint density at radius 3 is 2.24 bits per heavy atom. The predicted octanol–water partition coefficient (Wildman–Crippen LogP) is 3.23. The van der Waals surface area contributed by atoms with Crippen LogP contribution in [0.3, 0.4) is 0 Å². The summed E-state index contributed by atoms with van der Waals surface area (Å²) in [6.45, 7) is 2.06. The van der Waals surface area contributed by atoms with E-state index in [4.69, 9.17) is 12.2 Å². The van der Waals surface area contributed by atoms with Gasteiger partial charge in [0.05, 0.1) is 0 Å². The topological polar surface area (TPSA) is 70.2 Å². The Balaban J connectivity index is 1.71. The van der Waals surface area contributed by atoms with E-state index >= 15 is 0 Å². The highest BCUT2D eigenvalue weighted by Crippen LogP contribution is 2.09. The number of carbonyl (C=O) groups is 2. The van der Waals surface area contributed by atoms with Crippen molar-refractivity contribution in [2.24, 2.45) is 0 Å². The van der Waals surface area contributed by atoms with E-state index < -0.39 is 0 Å². The Labute approximate surface area is 152 Å². The molecule has 0 radical (unpaired) electrons. The number of para-hydroxylation sites is 1. The first-order chi connectivity index (χ1) is 12.1. The minimum absolute atomic E-state index is 0.0530. The fourth-order valence-corrected chi connectivity index (χ4v) is 2.34. The van der Waals surface area contributed by atoms with Crippen molar-refractivity contribution in [1.82, 2.24) is 10.9 Å². The molecule has 0 heterocycles. The van der Waals surface area contributed by atoms with Gasteiger partial charge < -0.3 is 5.32 Å². The first kappa shape index (κ1) is 18.6. The summed E-state index contributed by atoms with van der Waals surface area (Å²) in [6.07, 6.45) is 1.17.